The van der Waals surface area contributed by atoms with E-state index in [9.17, 15) is 14.4 Å². The van der Waals surface area contributed by atoms with Crippen molar-refractivity contribution in [2.75, 3.05) is 7.11 Å². The van der Waals surface area contributed by atoms with Crippen LogP contribution in [0.1, 0.15) is 29.8 Å². The van der Waals surface area contributed by atoms with Crippen molar-refractivity contribution in [3.05, 3.63) is 35.4 Å². The molecular formula is C16H17NO4. The summed E-state index contributed by atoms with van der Waals surface area (Å²) in [5.74, 6) is -1.12. The summed E-state index contributed by atoms with van der Waals surface area (Å²) in [6.45, 7) is 4.02. The van der Waals surface area contributed by atoms with Crippen molar-refractivity contribution in [2.45, 2.75) is 20.4 Å². The highest BCUT2D eigenvalue weighted by molar-refractivity contribution is 6.10. The second-order valence-corrected chi connectivity index (χ2v) is 6.19. The third-order valence-corrected chi connectivity index (χ3v) is 4.64. The molecular weight excluding hydrogens is 270 g/mol. The predicted octanol–water partition coefficient (Wildman–Crippen LogP) is 1.61. The van der Waals surface area contributed by atoms with Crippen LogP contribution in [0, 0.1) is 17.3 Å². The van der Waals surface area contributed by atoms with Crippen LogP contribution in [0.2, 0.25) is 0 Å². The molecule has 0 bridgehead atoms. The fraction of sp³-hybridized carbons (Fsp3) is 0.438. The quantitative estimate of drug-likeness (QED) is 0.626. The number of benzene rings is 1. The summed E-state index contributed by atoms with van der Waals surface area (Å²) < 4.78 is 4.73. The van der Waals surface area contributed by atoms with Gasteiger partial charge in [0.25, 0.3) is 0 Å². The van der Waals surface area contributed by atoms with Crippen LogP contribution in [-0.4, -0.2) is 29.8 Å². The summed E-state index contributed by atoms with van der Waals surface area (Å²) in [4.78, 5) is 37.6. The molecule has 0 radical (unpaired) electrons. The zero-order valence-corrected chi connectivity index (χ0v) is 12.3. The highest BCUT2D eigenvalue weighted by atomic mass is 16.5. The summed E-state index contributed by atoms with van der Waals surface area (Å²) >= 11 is 0. The van der Waals surface area contributed by atoms with Gasteiger partial charge in [-0.3, -0.25) is 14.5 Å². The second-order valence-electron chi connectivity index (χ2n) is 6.19. The van der Waals surface area contributed by atoms with Gasteiger partial charge in [-0.1, -0.05) is 32.0 Å². The van der Waals surface area contributed by atoms with Crippen molar-refractivity contribution in [1.29, 1.82) is 0 Å². The highest BCUT2D eigenvalue weighted by Crippen LogP contribution is 2.63. The van der Waals surface area contributed by atoms with Crippen molar-refractivity contribution in [3.8, 4) is 0 Å². The molecule has 1 aromatic rings. The van der Waals surface area contributed by atoms with E-state index in [2.05, 4.69) is 0 Å². The molecule has 1 aliphatic carbocycles. The Kier molecular flexibility index (Phi) is 2.90. The van der Waals surface area contributed by atoms with Gasteiger partial charge in [-0.2, -0.15) is 0 Å². The number of imide groups is 1. The van der Waals surface area contributed by atoms with Gasteiger partial charge < -0.3 is 4.74 Å². The number of piperidine rings is 1. The van der Waals surface area contributed by atoms with Gasteiger partial charge in [0.15, 0.2) is 0 Å². The first-order chi connectivity index (χ1) is 9.89. The zero-order valence-electron chi connectivity index (χ0n) is 12.3. The maximum absolute atomic E-state index is 12.3. The van der Waals surface area contributed by atoms with Gasteiger partial charge in [0.05, 0.1) is 31.1 Å². The standard InChI is InChI=1S/C16H17NO4/c1-16(2)11-12(16)14(19)17(13(11)18)8-9-6-4-5-7-10(9)15(20)21-3/h4-7,11-12H,8H2,1-3H3. The van der Waals surface area contributed by atoms with Crippen LogP contribution in [-0.2, 0) is 20.9 Å². The molecule has 2 amide bonds. The number of methoxy groups -OCH3 is 1. The van der Waals surface area contributed by atoms with Crippen LogP contribution in [0.4, 0.5) is 0 Å². The summed E-state index contributed by atoms with van der Waals surface area (Å²) in [6.07, 6.45) is 0. The average Bonchev–Trinajstić information content (AvgIpc) is 2.94. The third kappa shape index (κ3) is 1.87. The van der Waals surface area contributed by atoms with Crippen LogP contribution in [0.3, 0.4) is 0 Å². The Labute approximate surface area is 122 Å². The minimum Gasteiger partial charge on any atom is -0.465 e. The van der Waals surface area contributed by atoms with E-state index in [1.807, 2.05) is 13.8 Å². The van der Waals surface area contributed by atoms with Gasteiger partial charge in [0, 0.05) is 0 Å². The smallest absolute Gasteiger partial charge is 0.338 e. The highest BCUT2D eigenvalue weighted by Gasteiger charge is 2.72. The first-order valence-electron chi connectivity index (χ1n) is 6.91. The largest absolute Gasteiger partial charge is 0.465 e. The molecule has 2 atom stereocenters. The maximum atomic E-state index is 12.3. The van der Waals surface area contributed by atoms with Gasteiger partial charge in [0.1, 0.15) is 0 Å². The van der Waals surface area contributed by atoms with Gasteiger partial charge in [-0.05, 0) is 17.0 Å². The van der Waals surface area contributed by atoms with E-state index in [-0.39, 0.29) is 35.6 Å². The third-order valence-electron chi connectivity index (χ3n) is 4.64. The molecule has 1 saturated heterocycles. The minimum absolute atomic E-state index is 0.130. The molecule has 0 aromatic heterocycles. The Morgan fingerprint density at radius 1 is 1.19 bits per heavy atom. The first kappa shape index (κ1) is 13.8. The lowest BCUT2D eigenvalue weighted by Crippen LogP contribution is -2.36. The number of likely N-dealkylation sites (tertiary alicyclic amines) is 1. The lowest BCUT2D eigenvalue weighted by molar-refractivity contribution is -0.143. The van der Waals surface area contributed by atoms with Crippen molar-refractivity contribution in [3.63, 3.8) is 0 Å². The van der Waals surface area contributed by atoms with Crippen molar-refractivity contribution < 1.29 is 19.1 Å². The number of carbonyl (C=O) groups excluding carboxylic acids is 3. The number of esters is 1. The number of rotatable bonds is 3. The van der Waals surface area contributed by atoms with E-state index in [0.717, 1.165) is 0 Å². The molecule has 110 valence electrons. The fourth-order valence-corrected chi connectivity index (χ4v) is 3.30. The molecule has 1 saturated carbocycles. The normalized spacial score (nSPS) is 25.8. The van der Waals surface area contributed by atoms with E-state index in [4.69, 9.17) is 4.74 Å². The Morgan fingerprint density at radius 3 is 2.33 bits per heavy atom. The Bertz CT molecular complexity index is 625. The van der Waals surface area contributed by atoms with E-state index in [1.165, 1.54) is 12.0 Å². The number of carbonyl (C=O) groups is 3. The van der Waals surface area contributed by atoms with Crippen molar-refractivity contribution >= 4 is 17.8 Å². The van der Waals surface area contributed by atoms with Gasteiger partial charge >= 0.3 is 5.97 Å². The number of ether oxygens (including phenoxy) is 1. The predicted molar refractivity (Wildman–Crippen MR) is 74.1 cm³/mol. The molecule has 2 aliphatic rings. The monoisotopic (exact) mass is 287 g/mol. The SMILES string of the molecule is COC(=O)c1ccccc1CN1C(=O)C2C(C1=O)C2(C)C. The molecule has 1 heterocycles. The van der Waals surface area contributed by atoms with Gasteiger partial charge in [-0.25, -0.2) is 4.79 Å². The molecule has 5 nitrogen and oxygen atoms in total. The Balaban J connectivity index is 1.85. The van der Waals surface area contributed by atoms with E-state index < -0.39 is 5.97 Å². The molecule has 0 N–H and O–H groups in total. The summed E-state index contributed by atoms with van der Waals surface area (Å²) in [5, 5.41) is 0. The summed E-state index contributed by atoms with van der Waals surface area (Å²) in [5.41, 5.74) is 0.803. The molecule has 0 spiro atoms. The van der Waals surface area contributed by atoms with E-state index in [0.29, 0.717) is 11.1 Å². The van der Waals surface area contributed by atoms with Crippen LogP contribution < -0.4 is 0 Å². The Hall–Kier alpha value is -2.17. The van der Waals surface area contributed by atoms with E-state index in [1.54, 1.807) is 24.3 Å². The number of hydrogen-bond acceptors (Lipinski definition) is 4. The minimum atomic E-state index is -0.463. The van der Waals surface area contributed by atoms with E-state index >= 15 is 0 Å². The number of nitrogens with zero attached hydrogens (tertiary/aromatic N) is 1. The van der Waals surface area contributed by atoms with Gasteiger partial charge in [-0.15, -0.1) is 0 Å². The molecule has 21 heavy (non-hydrogen) atoms. The van der Waals surface area contributed by atoms with Crippen molar-refractivity contribution in [1.82, 2.24) is 4.90 Å². The number of hydrogen-bond donors (Lipinski definition) is 0. The van der Waals surface area contributed by atoms with Crippen LogP contribution in [0.15, 0.2) is 24.3 Å². The Morgan fingerprint density at radius 2 is 1.76 bits per heavy atom. The molecule has 3 rings (SSSR count). The summed E-state index contributed by atoms with van der Waals surface area (Å²) in [7, 11) is 1.31. The maximum Gasteiger partial charge on any atom is 0.338 e. The van der Waals surface area contributed by atoms with Crippen LogP contribution >= 0.6 is 0 Å². The molecule has 2 fully saturated rings. The molecule has 1 aromatic carbocycles. The lowest BCUT2D eigenvalue weighted by atomic mass is 10.0. The van der Waals surface area contributed by atoms with Gasteiger partial charge in [0.2, 0.25) is 11.8 Å². The molecule has 5 heteroatoms. The van der Waals surface area contributed by atoms with Crippen LogP contribution in [0.25, 0.3) is 0 Å². The summed E-state index contributed by atoms with van der Waals surface area (Å²) in [6, 6.07) is 6.88. The lowest BCUT2D eigenvalue weighted by Gasteiger charge is -2.21. The number of amides is 2. The number of fused-ring (bicyclic) bond motifs is 1. The molecule has 1 aliphatic heterocycles. The average molecular weight is 287 g/mol. The van der Waals surface area contributed by atoms with Crippen molar-refractivity contribution in [2.24, 2.45) is 17.3 Å². The van der Waals surface area contributed by atoms with Crippen LogP contribution in [0.5, 0.6) is 0 Å². The molecule has 2 unspecified atom stereocenters. The first-order valence-corrected chi connectivity index (χ1v) is 6.91. The fourth-order valence-electron chi connectivity index (χ4n) is 3.30. The zero-order chi connectivity index (χ0) is 15.4. The second kappa shape index (κ2) is 4.41. The topological polar surface area (TPSA) is 63.7 Å².